The number of halogens is 1. The Morgan fingerprint density at radius 1 is 1.19 bits per heavy atom. The number of nitrogens with one attached hydrogen (secondary N) is 1. The van der Waals surface area contributed by atoms with Gasteiger partial charge in [-0.25, -0.2) is 4.39 Å². The summed E-state index contributed by atoms with van der Waals surface area (Å²) in [6.45, 7) is 4.68. The molecular weight excluding hydrogens is 267 g/mol. The maximum absolute atomic E-state index is 13.0. The van der Waals surface area contributed by atoms with E-state index in [4.69, 9.17) is 5.73 Å². The highest BCUT2D eigenvalue weighted by atomic mass is 19.1. The summed E-state index contributed by atoms with van der Waals surface area (Å²) in [7, 11) is 0. The molecule has 0 atom stereocenters. The average molecular weight is 286 g/mol. The zero-order chi connectivity index (χ0) is 15.4. The fraction of sp³-hybridized carbons (Fsp3) is 0.235. The van der Waals surface area contributed by atoms with Gasteiger partial charge in [-0.05, 0) is 35.2 Å². The minimum absolute atomic E-state index is 0.141. The molecule has 1 amide bonds. The Bertz CT molecular complexity index is 636. The molecule has 0 radical (unpaired) electrons. The number of nitrogens with two attached hydrogens (primary N) is 1. The van der Waals surface area contributed by atoms with Crippen molar-refractivity contribution in [1.82, 2.24) is 5.32 Å². The van der Waals surface area contributed by atoms with Crippen molar-refractivity contribution in [2.45, 2.75) is 26.3 Å². The molecule has 0 bridgehead atoms. The average Bonchev–Trinajstić information content (AvgIpc) is 2.45. The van der Waals surface area contributed by atoms with Crippen molar-refractivity contribution in [3.63, 3.8) is 0 Å². The summed E-state index contributed by atoms with van der Waals surface area (Å²) >= 11 is 0. The topological polar surface area (TPSA) is 55.1 Å². The van der Waals surface area contributed by atoms with Gasteiger partial charge >= 0.3 is 0 Å². The highest BCUT2D eigenvalue weighted by molar-refractivity contribution is 5.99. The van der Waals surface area contributed by atoms with E-state index in [9.17, 15) is 9.18 Å². The van der Waals surface area contributed by atoms with Crippen molar-refractivity contribution in [3.8, 4) is 0 Å². The van der Waals surface area contributed by atoms with Crippen LogP contribution >= 0.6 is 0 Å². The molecule has 0 spiro atoms. The van der Waals surface area contributed by atoms with E-state index in [-0.39, 0.29) is 17.2 Å². The highest BCUT2D eigenvalue weighted by Gasteiger charge is 2.10. The standard InChI is InChI=1S/C17H19FN2O/c1-11(2)13-5-3-12(4-6-13)10-20-17(21)15-8-7-14(18)9-16(15)19/h3-9,11H,10,19H2,1-2H3,(H,20,21). The maximum atomic E-state index is 13.0. The van der Waals surface area contributed by atoms with Crippen molar-refractivity contribution < 1.29 is 9.18 Å². The molecule has 3 N–H and O–H groups in total. The van der Waals surface area contributed by atoms with Crippen LogP contribution in [0.15, 0.2) is 42.5 Å². The lowest BCUT2D eigenvalue weighted by Gasteiger charge is -2.09. The lowest BCUT2D eigenvalue weighted by molar-refractivity contribution is 0.0952. The van der Waals surface area contributed by atoms with Gasteiger partial charge in [0.15, 0.2) is 0 Å². The molecule has 2 aromatic rings. The fourth-order valence-corrected chi connectivity index (χ4v) is 2.04. The monoisotopic (exact) mass is 286 g/mol. The third-order valence-electron chi connectivity index (χ3n) is 3.36. The van der Waals surface area contributed by atoms with Crippen LogP contribution in [0.25, 0.3) is 0 Å². The molecule has 0 saturated carbocycles. The molecule has 21 heavy (non-hydrogen) atoms. The third-order valence-corrected chi connectivity index (χ3v) is 3.36. The van der Waals surface area contributed by atoms with Crippen molar-refractivity contribution in [2.75, 3.05) is 5.73 Å². The first-order chi connectivity index (χ1) is 9.97. The van der Waals surface area contributed by atoms with Gasteiger partial charge in [-0.2, -0.15) is 0 Å². The molecule has 0 aliphatic heterocycles. The van der Waals surface area contributed by atoms with E-state index in [0.29, 0.717) is 12.5 Å². The Morgan fingerprint density at radius 3 is 2.43 bits per heavy atom. The van der Waals surface area contributed by atoms with Gasteiger partial charge in [-0.3, -0.25) is 4.79 Å². The minimum atomic E-state index is -0.451. The van der Waals surface area contributed by atoms with Gasteiger partial charge in [0.1, 0.15) is 5.82 Å². The predicted molar refractivity (Wildman–Crippen MR) is 82.5 cm³/mol. The SMILES string of the molecule is CC(C)c1ccc(CNC(=O)c2ccc(F)cc2N)cc1. The normalized spacial score (nSPS) is 10.7. The van der Waals surface area contributed by atoms with Gasteiger partial charge in [0, 0.05) is 12.2 Å². The zero-order valence-corrected chi connectivity index (χ0v) is 12.2. The largest absolute Gasteiger partial charge is 0.398 e. The van der Waals surface area contributed by atoms with Crippen LogP contribution in [0.3, 0.4) is 0 Å². The van der Waals surface area contributed by atoms with E-state index >= 15 is 0 Å². The number of benzene rings is 2. The molecule has 110 valence electrons. The number of amides is 1. The fourth-order valence-electron chi connectivity index (χ4n) is 2.04. The van der Waals surface area contributed by atoms with E-state index in [0.717, 1.165) is 11.6 Å². The van der Waals surface area contributed by atoms with Gasteiger partial charge in [-0.15, -0.1) is 0 Å². The molecule has 0 heterocycles. The number of hydrogen-bond acceptors (Lipinski definition) is 2. The second-order valence-corrected chi connectivity index (χ2v) is 5.31. The first-order valence-electron chi connectivity index (χ1n) is 6.89. The van der Waals surface area contributed by atoms with Crippen LogP contribution in [0.5, 0.6) is 0 Å². The lowest BCUT2D eigenvalue weighted by atomic mass is 10.0. The summed E-state index contributed by atoms with van der Waals surface area (Å²) in [6.07, 6.45) is 0. The first kappa shape index (κ1) is 15.0. The van der Waals surface area contributed by atoms with E-state index in [2.05, 4.69) is 31.3 Å². The van der Waals surface area contributed by atoms with E-state index in [1.165, 1.54) is 17.7 Å². The van der Waals surface area contributed by atoms with Crippen LogP contribution in [0.2, 0.25) is 0 Å². The summed E-state index contributed by atoms with van der Waals surface area (Å²) in [6, 6.07) is 11.8. The van der Waals surface area contributed by atoms with Crippen LogP contribution in [0.4, 0.5) is 10.1 Å². The number of carbonyl (C=O) groups is 1. The summed E-state index contributed by atoms with van der Waals surface area (Å²) in [5.74, 6) is -0.276. The zero-order valence-electron chi connectivity index (χ0n) is 12.2. The lowest BCUT2D eigenvalue weighted by Crippen LogP contribution is -2.23. The van der Waals surface area contributed by atoms with Crippen LogP contribution < -0.4 is 11.1 Å². The molecule has 0 aliphatic carbocycles. The van der Waals surface area contributed by atoms with Gasteiger partial charge in [-0.1, -0.05) is 38.1 Å². The highest BCUT2D eigenvalue weighted by Crippen LogP contribution is 2.15. The van der Waals surface area contributed by atoms with Crippen LogP contribution in [-0.2, 0) is 6.54 Å². The third kappa shape index (κ3) is 3.81. The molecule has 0 aliphatic rings. The Kier molecular flexibility index (Phi) is 4.58. The molecule has 0 saturated heterocycles. The second kappa shape index (κ2) is 6.39. The van der Waals surface area contributed by atoms with Gasteiger partial charge in [0.05, 0.1) is 5.56 Å². The van der Waals surface area contributed by atoms with E-state index < -0.39 is 5.82 Å². The summed E-state index contributed by atoms with van der Waals surface area (Å²) < 4.78 is 13.0. The quantitative estimate of drug-likeness (QED) is 0.846. The smallest absolute Gasteiger partial charge is 0.253 e. The summed E-state index contributed by atoms with van der Waals surface area (Å²) in [5.41, 5.74) is 8.34. The molecule has 2 aromatic carbocycles. The Balaban J connectivity index is 2.00. The molecule has 3 nitrogen and oxygen atoms in total. The Morgan fingerprint density at radius 2 is 1.86 bits per heavy atom. The number of anilines is 1. The molecule has 0 aromatic heterocycles. The van der Waals surface area contributed by atoms with E-state index in [1.807, 2.05) is 12.1 Å². The molecular formula is C17H19FN2O. The van der Waals surface area contributed by atoms with Crippen LogP contribution in [0.1, 0.15) is 41.3 Å². The predicted octanol–water partition coefficient (Wildman–Crippen LogP) is 3.46. The Labute approximate surface area is 124 Å². The van der Waals surface area contributed by atoms with Crippen LogP contribution in [-0.4, -0.2) is 5.91 Å². The van der Waals surface area contributed by atoms with Crippen molar-refractivity contribution in [3.05, 3.63) is 65.0 Å². The summed E-state index contributed by atoms with van der Waals surface area (Å²) in [5, 5.41) is 2.78. The van der Waals surface area contributed by atoms with Gasteiger partial charge in [0.25, 0.3) is 5.91 Å². The maximum Gasteiger partial charge on any atom is 0.253 e. The van der Waals surface area contributed by atoms with Gasteiger partial charge in [0.2, 0.25) is 0 Å². The van der Waals surface area contributed by atoms with Gasteiger partial charge < -0.3 is 11.1 Å². The summed E-state index contributed by atoms with van der Waals surface area (Å²) in [4.78, 5) is 12.0. The molecule has 2 rings (SSSR count). The number of hydrogen-bond donors (Lipinski definition) is 2. The number of nitrogen functional groups attached to an aromatic ring is 1. The second-order valence-electron chi connectivity index (χ2n) is 5.31. The van der Waals surface area contributed by atoms with Crippen molar-refractivity contribution in [1.29, 1.82) is 0 Å². The van der Waals surface area contributed by atoms with Crippen LogP contribution in [0, 0.1) is 5.82 Å². The van der Waals surface area contributed by atoms with Crippen molar-refractivity contribution >= 4 is 11.6 Å². The first-order valence-corrected chi connectivity index (χ1v) is 6.89. The minimum Gasteiger partial charge on any atom is -0.398 e. The number of rotatable bonds is 4. The number of carbonyl (C=O) groups excluding carboxylic acids is 1. The molecule has 4 heteroatoms. The Hall–Kier alpha value is -2.36. The van der Waals surface area contributed by atoms with E-state index in [1.54, 1.807) is 0 Å². The van der Waals surface area contributed by atoms with Crippen molar-refractivity contribution in [2.24, 2.45) is 0 Å². The molecule has 0 fully saturated rings. The molecule has 0 unspecified atom stereocenters.